The Bertz CT molecular complexity index is 171. The van der Waals surface area contributed by atoms with Gasteiger partial charge in [-0.25, -0.2) is 9.97 Å². The van der Waals surface area contributed by atoms with Crippen molar-refractivity contribution in [1.82, 2.24) is 9.97 Å². The van der Waals surface area contributed by atoms with Crippen molar-refractivity contribution in [3.63, 3.8) is 0 Å². The maximum absolute atomic E-state index is 3.98. The average Bonchev–Trinajstić information content (AvgIpc) is 1.91. The van der Waals surface area contributed by atoms with Gasteiger partial charge in [0.1, 0.15) is 0 Å². The van der Waals surface area contributed by atoms with Crippen molar-refractivity contribution in [1.29, 1.82) is 0 Å². The van der Waals surface area contributed by atoms with Crippen LogP contribution in [0.2, 0.25) is 0 Å². The summed E-state index contributed by atoms with van der Waals surface area (Å²) < 4.78 is 0.650. The van der Waals surface area contributed by atoms with Gasteiger partial charge in [-0.15, -0.1) is 0 Å². The van der Waals surface area contributed by atoms with Crippen molar-refractivity contribution in [3.8, 4) is 0 Å². The molecule has 0 saturated heterocycles. The van der Waals surface area contributed by atoms with Crippen molar-refractivity contribution in [2.75, 3.05) is 0 Å². The average molecular weight is 203 g/mol. The zero-order valence-corrected chi connectivity index (χ0v) is 8.01. The van der Waals surface area contributed by atoms with Crippen LogP contribution in [-0.4, -0.2) is 9.97 Å². The Hall–Kier alpha value is -0.440. The Morgan fingerprint density at radius 2 is 2.00 bits per heavy atom. The Labute approximate surface area is 69.8 Å². The SMILES string of the molecule is CC.Cc1ccnc(Br)n1. The third-order valence-electron chi connectivity index (χ3n) is 0.765. The molecule has 3 heteroatoms. The van der Waals surface area contributed by atoms with Gasteiger partial charge in [0.2, 0.25) is 0 Å². The first-order valence-electron chi connectivity index (χ1n) is 3.24. The summed E-state index contributed by atoms with van der Waals surface area (Å²) in [5.74, 6) is 0. The number of aryl methyl sites for hydroxylation is 1. The molecule has 0 aromatic carbocycles. The fourth-order valence-corrected chi connectivity index (χ4v) is 0.816. The molecule has 1 aromatic rings. The van der Waals surface area contributed by atoms with Crippen LogP contribution in [0.3, 0.4) is 0 Å². The number of nitrogens with zero attached hydrogens (tertiary/aromatic N) is 2. The van der Waals surface area contributed by atoms with Crippen LogP contribution in [-0.2, 0) is 0 Å². The maximum Gasteiger partial charge on any atom is 0.196 e. The molecule has 0 N–H and O–H groups in total. The minimum atomic E-state index is 0.650. The van der Waals surface area contributed by atoms with Gasteiger partial charge in [-0.2, -0.15) is 0 Å². The summed E-state index contributed by atoms with van der Waals surface area (Å²) in [5.41, 5.74) is 0.979. The van der Waals surface area contributed by atoms with Crippen molar-refractivity contribution in [3.05, 3.63) is 22.7 Å². The summed E-state index contributed by atoms with van der Waals surface area (Å²) in [6, 6.07) is 1.85. The van der Waals surface area contributed by atoms with Gasteiger partial charge in [0.25, 0.3) is 0 Å². The van der Waals surface area contributed by atoms with E-state index in [-0.39, 0.29) is 0 Å². The Morgan fingerprint density at radius 3 is 2.30 bits per heavy atom. The van der Waals surface area contributed by atoms with Crippen molar-refractivity contribution in [2.24, 2.45) is 0 Å². The topological polar surface area (TPSA) is 25.8 Å². The molecule has 0 saturated carbocycles. The number of aromatic nitrogens is 2. The highest BCUT2D eigenvalue weighted by Crippen LogP contribution is 1.99. The molecule has 0 unspecified atom stereocenters. The molecular weight excluding hydrogens is 192 g/mol. The predicted octanol–water partition coefficient (Wildman–Crippen LogP) is 2.57. The molecule has 0 aliphatic rings. The fourth-order valence-electron chi connectivity index (χ4n) is 0.418. The van der Waals surface area contributed by atoms with Crippen LogP contribution in [0.25, 0.3) is 0 Å². The Morgan fingerprint density at radius 1 is 1.40 bits per heavy atom. The summed E-state index contributed by atoms with van der Waals surface area (Å²) in [7, 11) is 0. The van der Waals surface area contributed by atoms with Gasteiger partial charge in [0.05, 0.1) is 0 Å². The lowest BCUT2D eigenvalue weighted by atomic mass is 10.5. The third-order valence-corrected chi connectivity index (χ3v) is 1.15. The highest BCUT2D eigenvalue weighted by atomic mass is 79.9. The molecular formula is C7H11BrN2. The van der Waals surface area contributed by atoms with Crippen molar-refractivity contribution >= 4 is 15.9 Å². The van der Waals surface area contributed by atoms with E-state index >= 15 is 0 Å². The van der Waals surface area contributed by atoms with Gasteiger partial charge in [0.15, 0.2) is 4.73 Å². The minimum absolute atomic E-state index is 0.650. The van der Waals surface area contributed by atoms with Crippen molar-refractivity contribution in [2.45, 2.75) is 20.8 Å². The minimum Gasteiger partial charge on any atom is -0.231 e. The molecule has 0 spiro atoms. The van der Waals surface area contributed by atoms with E-state index in [0.717, 1.165) is 5.69 Å². The van der Waals surface area contributed by atoms with Gasteiger partial charge in [-0.05, 0) is 28.9 Å². The van der Waals surface area contributed by atoms with Crippen LogP contribution in [0, 0.1) is 6.92 Å². The number of hydrogen-bond acceptors (Lipinski definition) is 2. The van der Waals surface area contributed by atoms with E-state index in [2.05, 4.69) is 25.9 Å². The zero-order chi connectivity index (χ0) is 7.98. The van der Waals surface area contributed by atoms with Gasteiger partial charge in [-0.1, -0.05) is 13.8 Å². The molecule has 0 atom stereocenters. The Kier molecular flexibility index (Phi) is 5.12. The quantitative estimate of drug-likeness (QED) is 0.605. The molecule has 1 rings (SSSR count). The highest BCUT2D eigenvalue weighted by molar-refractivity contribution is 9.10. The fraction of sp³-hybridized carbons (Fsp3) is 0.429. The van der Waals surface area contributed by atoms with Gasteiger partial charge in [0, 0.05) is 11.9 Å². The molecule has 0 aliphatic carbocycles. The highest BCUT2D eigenvalue weighted by Gasteiger charge is 1.85. The number of rotatable bonds is 0. The summed E-state index contributed by atoms with van der Waals surface area (Å²) in [4.78, 5) is 7.82. The third kappa shape index (κ3) is 3.56. The van der Waals surface area contributed by atoms with Crippen LogP contribution in [0.4, 0.5) is 0 Å². The molecule has 0 amide bonds. The molecule has 0 radical (unpaired) electrons. The van der Waals surface area contributed by atoms with E-state index in [1.54, 1.807) is 6.20 Å². The van der Waals surface area contributed by atoms with E-state index in [1.165, 1.54) is 0 Å². The van der Waals surface area contributed by atoms with Crippen LogP contribution in [0.1, 0.15) is 19.5 Å². The lowest BCUT2D eigenvalue weighted by Gasteiger charge is -1.87. The van der Waals surface area contributed by atoms with Crippen LogP contribution in [0.5, 0.6) is 0 Å². The van der Waals surface area contributed by atoms with Gasteiger partial charge >= 0.3 is 0 Å². The predicted molar refractivity (Wildman–Crippen MR) is 45.8 cm³/mol. The molecule has 2 nitrogen and oxygen atoms in total. The van der Waals surface area contributed by atoms with Crippen LogP contribution >= 0.6 is 15.9 Å². The molecule has 1 aromatic heterocycles. The number of halogens is 1. The first-order valence-corrected chi connectivity index (χ1v) is 4.03. The van der Waals surface area contributed by atoms with E-state index in [1.807, 2.05) is 26.8 Å². The molecule has 0 bridgehead atoms. The van der Waals surface area contributed by atoms with E-state index in [4.69, 9.17) is 0 Å². The number of hydrogen-bond donors (Lipinski definition) is 0. The summed E-state index contributed by atoms with van der Waals surface area (Å²) in [6.45, 7) is 5.92. The molecule has 0 aliphatic heterocycles. The summed E-state index contributed by atoms with van der Waals surface area (Å²) in [5, 5.41) is 0. The van der Waals surface area contributed by atoms with Gasteiger partial charge < -0.3 is 0 Å². The maximum atomic E-state index is 3.98. The first kappa shape index (κ1) is 9.56. The summed E-state index contributed by atoms with van der Waals surface area (Å²) in [6.07, 6.45) is 1.71. The van der Waals surface area contributed by atoms with Crippen LogP contribution in [0.15, 0.2) is 17.0 Å². The summed E-state index contributed by atoms with van der Waals surface area (Å²) >= 11 is 3.14. The van der Waals surface area contributed by atoms with Gasteiger partial charge in [-0.3, -0.25) is 0 Å². The molecule has 1 heterocycles. The second kappa shape index (κ2) is 5.35. The van der Waals surface area contributed by atoms with E-state index in [0.29, 0.717) is 4.73 Å². The largest absolute Gasteiger partial charge is 0.231 e. The lowest BCUT2D eigenvalue weighted by molar-refractivity contribution is 1.06. The van der Waals surface area contributed by atoms with Crippen molar-refractivity contribution < 1.29 is 0 Å². The van der Waals surface area contributed by atoms with E-state index in [9.17, 15) is 0 Å². The molecule has 10 heavy (non-hydrogen) atoms. The second-order valence-electron chi connectivity index (χ2n) is 1.47. The standard InChI is InChI=1S/C5H5BrN2.C2H6/c1-4-2-3-7-5(6)8-4;1-2/h2-3H,1H3;1-2H3. The lowest BCUT2D eigenvalue weighted by Crippen LogP contribution is -1.82. The van der Waals surface area contributed by atoms with E-state index < -0.39 is 0 Å². The molecule has 56 valence electrons. The zero-order valence-electron chi connectivity index (χ0n) is 6.43. The first-order chi connectivity index (χ1) is 4.79. The smallest absolute Gasteiger partial charge is 0.196 e. The normalized spacial score (nSPS) is 8.00. The monoisotopic (exact) mass is 202 g/mol. The Balaban J connectivity index is 0.000000371. The van der Waals surface area contributed by atoms with Crippen LogP contribution < -0.4 is 0 Å². The molecule has 0 fully saturated rings. The second-order valence-corrected chi connectivity index (χ2v) is 2.18.